The fourth-order valence-corrected chi connectivity index (χ4v) is 3.97. The minimum absolute atomic E-state index is 0.0991. The van der Waals surface area contributed by atoms with Gasteiger partial charge in [0, 0.05) is 13.0 Å². The number of fused-ring (bicyclic) bond motifs is 1. The smallest absolute Gasteiger partial charge is 0.233 e. The average Bonchev–Trinajstić information content (AvgIpc) is 3.18. The molecular weight excluding hydrogens is 314 g/mol. The maximum atomic E-state index is 13.2. The minimum atomic E-state index is -0.868. The van der Waals surface area contributed by atoms with Crippen LogP contribution in [0.25, 0.3) is 0 Å². The molecule has 3 atom stereocenters. The molecule has 0 spiro atoms. The number of rotatable bonds is 3. The van der Waals surface area contributed by atoms with Crippen molar-refractivity contribution in [1.29, 1.82) is 0 Å². The van der Waals surface area contributed by atoms with Crippen LogP contribution in [0.5, 0.6) is 0 Å². The van der Waals surface area contributed by atoms with E-state index in [2.05, 4.69) is 16.7 Å². The molecule has 2 aromatic rings. The monoisotopic (exact) mass is 335 g/mol. The number of hydrogen-bond donors (Lipinski definition) is 3. The summed E-state index contributed by atoms with van der Waals surface area (Å²) in [6.07, 6.45) is 0.882. The molecule has 0 aromatic heterocycles. The van der Waals surface area contributed by atoms with Crippen LogP contribution in [-0.4, -0.2) is 24.4 Å². The summed E-state index contributed by atoms with van der Waals surface area (Å²) in [6.45, 7) is 0.316. The molecule has 2 aromatic carbocycles. The Hall–Kier alpha value is -2.66. The molecular formula is C20H21N3O2. The maximum Gasteiger partial charge on any atom is 0.233 e. The van der Waals surface area contributed by atoms with Gasteiger partial charge in [0.2, 0.25) is 11.8 Å². The lowest BCUT2D eigenvalue weighted by Crippen LogP contribution is -2.51. The third-order valence-electron chi connectivity index (χ3n) is 5.41. The molecule has 5 nitrogen and oxygen atoms in total. The predicted molar refractivity (Wildman–Crippen MR) is 94.8 cm³/mol. The molecule has 25 heavy (non-hydrogen) atoms. The molecule has 4 rings (SSSR count). The zero-order chi connectivity index (χ0) is 17.4. The average molecular weight is 335 g/mol. The number of nitrogens with two attached hydrogens (primary N) is 1. The first kappa shape index (κ1) is 15.8. The first-order valence-electron chi connectivity index (χ1n) is 8.57. The van der Waals surface area contributed by atoms with Gasteiger partial charge in [-0.15, -0.1) is 0 Å². The lowest BCUT2D eigenvalue weighted by molar-refractivity contribution is -0.128. The molecule has 1 saturated heterocycles. The van der Waals surface area contributed by atoms with Gasteiger partial charge in [-0.25, -0.2) is 0 Å². The normalized spacial score (nSPS) is 27.6. The van der Waals surface area contributed by atoms with Crippen LogP contribution in [-0.2, 0) is 21.4 Å². The van der Waals surface area contributed by atoms with Crippen LogP contribution in [0.4, 0.5) is 0 Å². The Kier molecular flexibility index (Phi) is 3.81. The standard InChI is InChI=1S/C20H21N3O2/c21-18-15-9-5-4-6-13(15)10-16(18)23-19(25)20(11-17(24)22-12-20)14-7-2-1-3-8-14/h1-9,16,18H,10-12,21H2,(H,22,24)(H,23,25)/t16-,18?,20?/m0/s1. The molecule has 2 unspecified atom stereocenters. The van der Waals surface area contributed by atoms with Crippen LogP contribution >= 0.6 is 0 Å². The molecule has 0 saturated carbocycles. The number of nitrogens with one attached hydrogen (secondary N) is 2. The van der Waals surface area contributed by atoms with Crippen molar-refractivity contribution in [2.45, 2.75) is 30.3 Å². The summed E-state index contributed by atoms with van der Waals surface area (Å²) in [5.41, 5.74) is 8.60. The van der Waals surface area contributed by atoms with Gasteiger partial charge in [0.25, 0.3) is 0 Å². The highest BCUT2D eigenvalue weighted by Crippen LogP contribution is 2.34. The van der Waals surface area contributed by atoms with Crippen LogP contribution in [0.2, 0.25) is 0 Å². The highest BCUT2D eigenvalue weighted by Gasteiger charge is 2.47. The summed E-state index contributed by atoms with van der Waals surface area (Å²) in [4.78, 5) is 25.1. The largest absolute Gasteiger partial charge is 0.355 e. The van der Waals surface area contributed by atoms with Crippen molar-refractivity contribution in [3.05, 3.63) is 71.3 Å². The zero-order valence-corrected chi connectivity index (χ0v) is 13.9. The quantitative estimate of drug-likeness (QED) is 0.788. The van der Waals surface area contributed by atoms with Crippen LogP contribution in [0.3, 0.4) is 0 Å². The second-order valence-electron chi connectivity index (χ2n) is 6.91. The predicted octanol–water partition coefficient (Wildman–Crippen LogP) is 1.19. The maximum absolute atomic E-state index is 13.2. The molecule has 2 amide bonds. The SMILES string of the molecule is NC1c2ccccc2C[C@@H]1NC(=O)C1(c2ccccc2)CNC(=O)C1. The number of carbonyl (C=O) groups excluding carboxylic acids is 2. The lowest BCUT2D eigenvalue weighted by atomic mass is 9.78. The Balaban J connectivity index is 1.60. The van der Waals surface area contributed by atoms with E-state index in [0.717, 1.165) is 17.5 Å². The summed E-state index contributed by atoms with van der Waals surface area (Å²) >= 11 is 0. The van der Waals surface area contributed by atoms with E-state index < -0.39 is 5.41 Å². The number of carbonyl (C=O) groups is 2. The molecule has 128 valence electrons. The molecule has 2 aliphatic rings. The summed E-state index contributed by atoms with van der Waals surface area (Å²) in [5.74, 6) is -0.233. The second-order valence-corrected chi connectivity index (χ2v) is 6.91. The highest BCUT2D eigenvalue weighted by molar-refractivity contribution is 5.97. The molecule has 1 heterocycles. The Morgan fingerprint density at radius 3 is 2.52 bits per heavy atom. The van der Waals surface area contributed by atoms with E-state index in [1.54, 1.807) is 0 Å². The molecule has 1 fully saturated rings. The Morgan fingerprint density at radius 2 is 1.84 bits per heavy atom. The summed E-state index contributed by atoms with van der Waals surface area (Å²) in [5, 5.41) is 5.93. The van der Waals surface area contributed by atoms with Gasteiger partial charge in [-0.05, 0) is 23.1 Å². The van der Waals surface area contributed by atoms with Gasteiger partial charge in [-0.2, -0.15) is 0 Å². The van der Waals surface area contributed by atoms with E-state index in [1.165, 1.54) is 5.56 Å². The zero-order valence-electron chi connectivity index (χ0n) is 13.9. The first-order valence-corrected chi connectivity index (χ1v) is 8.57. The van der Waals surface area contributed by atoms with Gasteiger partial charge in [-0.1, -0.05) is 54.6 Å². The highest BCUT2D eigenvalue weighted by atomic mass is 16.2. The Labute approximate surface area is 146 Å². The summed E-state index contributed by atoms with van der Waals surface area (Å²) in [6, 6.07) is 17.1. The van der Waals surface area contributed by atoms with E-state index >= 15 is 0 Å². The fraction of sp³-hybridized carbons (Fsp3) is 0.300. The molecule has 0 radical (unpaired) electrons. The van der Waals surface area contributed by atoms with Crippen molar-refractivity contribution < 1.29 is 9.59 Å². The van der Waals surface area contributed by atoms with E-state index in [0.29, 0.717) is 6.54 Å². The molecule has 0 bridgehead atoms. The van der Waals surface area contributed by atoms with Gasteiger partial charge in [-0.3, -0.25) is 9.59 Å². The minimum Gasteiger partial charge on any atom is -0.355 e. The van der Waals surface area contributed by atoms with Crippen molar-refractivity contribution in [3.63, 3.8) is 0 Å². The number of hydrogen-bond acceptors (Lipinski definition) is 3. The third kappa shape index (κ3) is 2.61. The topological polar surface area (TPSA) is 84.2 Å². The number of benzene rings is 2. The van der Waals surface area contributed by atoms with E-state index in [4.69, 9.17) is 5.73 Å². The second kappa shape index (κ2) is 6.01. The van der Waals surface area contributed by atoms with E-state index in [-0.39, 0.29) is 30.3 Å². The van der Waals surface area contributed by atoms with E-state index in [1.807, 2.05) is 48.5 Å². The van der Waals surface area contributed by atoms with Crippen molar-refractivity contribution >= 4 is 11.8 Å². The van der Waals surface area contributed by atoms with Gasteiger partial charge in [0.05, 0.1) is 12.1 Å². The molecule has 1 aliphatic carbocycles. The van der Waals surface area contributed by atoms with Crippen molar-refractivity contribution in [2.75, 3.05) is 6.54 Å². The van der Waals surface area contributed by atoms with Crippen molar-refractivity contribution in [2.24, 2.45) is 5.73 Å². The third-order valence-corrected chi connectivity index (χ3v) is 5.41. The van der Waals surface area contributed by atoms with Gasteiger partial charge >= 0.3 is 0 Å². The van der Waals surface area contributed by atoms with Crippen molar-refractivity contribution in [3.8, 4) is 0 Å². The molecule has 1 aliphatic heterocycles. The van der Waals surface area contributed by atoms with Crippen LogP contribution in [0, 0.1) is 0 Å². The lowest BCUT2D eigenvalue weighted by Gasteiger charge is -2.29. The molecule has 5 heteroatoms. The van der Waals surface area contributed by atoms with Gasteiger partial charge in [0.1, 0.15) is 5.41 Å². The van der Waals surface area contributed by atoms with Crippen LogP contribution in [0.1, 0.15) is 29.2 Å². The number of amides is 2. The van der Waals surface area contributed by atoms with Crippen LogP contribution in [0.15, 0.2) is 54.6 Å². The Bertz CT molecular complexity index is 821. The Morgan fingerprint density at radius 1 is 1.12 bits per heavy atom. The van der Waals surface area contributed by atoms with Gasteiger partial charge < -0.3 is 16.4 Å². The summed E-state index contributed by atoms with van der Waals surface area (Å²) < 4.78 is 0. The van der Waals surface area contributed by atoms with Gasteiger partial charge in [0.15, 0.2) is 0 Å². The van der Waals surface area contributed by atoms with Crippen LogP contribution < -0.4 is 16.4 Å². The summed E-state index contributed by atoms with van der Waals surface area (Å²) in [7, 11) is 0. The van der Waals surface area contributed by atoms with E-state index in [9.17, 15) is 9.59 Å². The van der Waals surface area contributed by atoms with Crippen molar-refractivity contribution in [1.82, 2.24) is 10.6 Å². The molecule has 4 N–H and O–H groups in total. The first-order chi connectivity index (χ1) is 12.1. The fourth-order valence-electron chi connectivity index (χ4n) is 3.97.